The van der Waals surface area contributed by atoms with Crippen LogP contribution >= 0.6 is 0 Å². The Bertz CT molecular complexity index is 702. The van der Waals surface area contributed by atoms with E-state index in [1.807, 2.05) is 0 Å². The summed E-state index contributed by atoms with van der Waals surface area (Å²) in [5.74, 6) is -1.29. The maximum absolute atomic E-state index is 13.9. The SMILES string of the molecule is COC(=O)C1=C(Nc2cc(F)c(C)cc2OC)C(=O)N(CCO)C1. The van der Waals surface area contributed by atoms with Crippen molar-refractivity contribution in [3.63, 3.8) is 0 Å². The van der Waals surface area contributed by atoms with Gasteiger partial charge < -0.3 is 24.8 Å². The number of aliphatic hydroxyl groups is 1. The summed E-state index contributed by atoms with van der Waals surface area (Å²) in [5, 5.41) is 11.8. The Kier molecular flexibility index (Phi) is 5.40. The number of halogens is 1. The Balaban J connectivity index is 2.42. The smallest absolute Gasteiger partial charge is 0.337 e. The first kappa shape index (κ1) is 17.7. The van der Waals surface area contributed by atoms with Gasteiger partial charge in [-0.15, -0.1) is 0 Å². The van der Waals surface area contributed by atoms with E-state index in [0.717, 1.165) is 0 Å². The second-order valence-corrected chi connectivity index (χ2v) is 5.22. The number of esters is 1. The van der Waals surface area contributed by atoms with Gasteiger partial charge in [-0.05, 0) is 18.6 Å². The number of rotatable bonds is 6. The van der Waals surface area contributed by atoms with Crippen molar-refractivity contribution in [2.24, 2.45) is 0 Å². The van der Waals surface area contributed by atoms with Crippen LogP contribution in [0.2, 0.25) is 0 Å². The fourth-order valence-electron chi connectivity index (χ4n) is 2.41. The second kappa shape index (κ2) is 7.31. The predicted molar refractivity (Wildman–Crippen MR) is 84.0 cm³/mol. The molecule has 0 radical (unpaired) electrons. The zero-order valence-electron chi connectivity index (χ0n) is 13.7. The average Bonchev–Trinajstić information content (AvgIpc) is 2.87. The molecule has 24 heavy (non-hydrogen) atoms. The number of hydrogen-bond acceptors (Lipinski definition) is 6. The van der Waals surface area contributed by atoms with E-state index in [4.69, 9.17) is 14.6 Å². The van der Waals surface area contributed by atoms with Crippen LogP contribution in [-0.4, -0.2) is 55.8 Å². The van der Waals surface area contributed by atoms with Crippen molar-refractivity contribution in [1.82, 2.24) is 4.90 Å². The average molecular weight is 338 g/mol. The van der Waals surface area contributed by atoms with Gasteiger partial charge in [0.2, 0.25) is 0 Å². The summed E-state index contributed by atoms with van der Waals surface area (Å²) in [6, 6.07) is 2.68. The quantitative estimate of drug-likeness (QED) is 0.747. The molecule has 0 aromatic heterocycles. The van der Waals surface area contributed by atoms with Crippen molar-refractivity contribution < 1.29 is 28.6 Å². The van der Waals surface area contributed by atoms with Gasteiger partial charge in [-0.3, -0.25) is 4.79 Å². The molecule has 1 heterocycles. The molecule has 0 saturated heterocycles. The molecule has 1 amide bonds. The van der Waals surface area contributed by atoms with Crippen LogP contribution < -0.4 is 10.1 Å². The molecule has 1 aromatic carbocycles. The van der Waals surface area contributed by atoms with Crippen LogP contribution in [0.3, 0.4) is 0 Å². The number of carbonyl (C=O) groups excluding carboxylic acids is 2. The first-order valence-electron chi connectivity index (χ1n) is 7.25. The maximum Gasteiger partial charge on any atom is 0.337 e. The molecule has 8 heteroatoms. The van der Waals surface area contributed by atoms with Crippen molar-refractivity contribution >= 4 is 17.6 Å². The van der Waals surface area contributed by atoms with E-state index in [2.05, 4.69) is 5.32 Å². The Labute approximate surface area is 138 Å². The van der Waals surface area contributed by atoms with E-state index in [-0.39, 0.29) is 36.7 Å². The van der Waals surface area contributed by atoms with Crippen LogP contribution in [0, 0.1) is 12.7 Å². The molecule has 0 bridgehead atoms. The van der Waals surface area contributed by atoms with E-state index in [9.17, 15) is 14.0 Å². The fraction of sp³-hybridized carbons (Fsp3) is 0.375. The summed E-state index contributed by atoms with van der Waals surface area (Å²) in [5.41, 5.74) is 0.700. The minimum atomic E-state index is -0.669. The van der Waals surface area contributed by atoms with Gasteiger partial charge in [-0.1, -0.05) is 0 Å². The Morgan fingerprint density at radius 2 is 2.12 bits per heavy atom. The zero-order chi connectivity index (χ0) is 17.9. The highest BCUT2D eigenvalue weighted by Crippen LogP contribution is 2.31. The largest absolute Gasteiger partial charge is 0.495 e. The number of anilines is 1. The van der Waals surface area contributed by atoms with Gasteiger partial charge in [-0.25, -0.2) is 9.18 Å². The van der Waals surface area contributed by atoms with Crippen LogP contribution in [0.15, 0.2) is 23.4 Å². The minimum absolute atomic E-state index is 0.00502. The van der Waals surface area contributed by atoms with Gasteiger partial charge in [0.15, 0.2) is 0 Å². The third-order valence-corrected chi connectivity index (χ3v) is 3.69. The van der Waals surface area contributed by atoms with Crippen molar-refractivity contribution in [2.75, 3.05) is 39.2 Å². The summed E-state index contributed by atoms with van der Waals surface area (Å²) >= 11 is 0. The fourth-order valence-corrected chi connectivity index (χ4v) is 2.41. The van der Waals surface area contributed by atoms with E-state index in [1.165, 1.54) is 31.3 Å². The maximum atomic E-state index is 13.9. The number of benzene rings is 1. The lowest BCUT2D eigenvalue weighted by Gasteiger charge is -2.16. The van der Waals surface area contributed by atoms with Crippen molar-refractivity contribution in [3.8, 4) is 5.75 Å². The van der Waals surface area contributed by atoms with Crippen molar-refractivity contribution in [2.45, 2.75) is 6.92 Å². The van der Waals surface area contributed by atoms with E-state index in [0.29, 0.717) is 11.3 Å². The molecule has 0 atom stereocenters. The first-order valence-corrected chi connectivity index (χ1v) is 7.25. The molecule has 1 aliphatic rings. The molecule has 130 valence electrons. The van der Waals surface area contributed by atoms with Crippen LogP contribution in [-0.2, 0) is 14.3 Å². The molecular formula is C16H19FN2O5. The van der Waals surface area contributed by atoms with E-state index in [1.54, 1.807) is 6.92 Å². The lowest BCUT2D eigenvalue weighted by Crippen LogP contribution is -2.31. The summed E-state index contributed by atoms with van der Waals surface area (Å²) in [6.07, 6.45) is 0. The number of β-amino-alcohol motifs (C(OH)–C–C–N with tert-alkyl or cyclic N) is 1. The monoisotopic (exact) mass is 338 g/mol. The second-order valence-electron chi connectivity index (χ2n) is 5.22. The van der Waals surface area contributed by atoms with Gasteiger partial charge in [0.05, 0.1) is 38.6 Å². The summed E-state index contributed by atoms with van der Waals surface area (Å²) in [7, 11) is 2.63. The number of amides is 1. The Morgan fingerprint density at radius 1 is 1.42 bits per heavy atom. The van der Waals surface area contributed by atoms with Crippen LogP contribution in [0.1, 0.15) is 5.56 Å². The number of aliphatic hydroxyl groups excluding tert-OH is 1. The van der Waals surface area contributed by atoms with Crippen LogP contribution in [0.4, 0.5) is 10.1 Å². The van der Waals surface area contributed by atoms with Crippen LogP contribution in [0.25, 0.3) is 0 Å². The topological polar surface area (TPSA) is 88.1 Å². The molecule has 2 N–H and O–H groups in total. The minimum Gasteiger partial charge on any atom is -0.495 e. The number of ether oxygens (including phenoxy) is 2. The standard InChI is InChI=1S/C16H19FN2O5/c1-9-6-13(23-2)12(7-11(9)17)18-14-10(16(22)24-3)8-19(4-5-20)15(14)21/h6-7,18,20H,4-5,8H2,1-3H3. The van der Waals surface area contributed by atoms with Gasteiger partial charge in [0, 0.05) is 12.6 Å². The third kappa shape index (κ3) is 3.33. The van der Waals surface area contributed by atoms with Gasteiger partial charge in [-0.2, -0.15) is 0 Å². The Morgan fingerprint density at radius 3 is 2.71 bits per heavy atom. The lowest BCUT2D eigenvalue weighted by molar-refractivity contribution is -0.136. The summed E-state index contributed by atoms with van der Waals surface area (Å²) in [4.78, 5) is 25.7. The summed E-state index contributed by atoms with van der Waals surface area (Å²) < 4.78 is 23.7. The van der Waals surface area contributed by atoms with Gasteiger partial charge in [0.25, 0.3) is 5.91 Å². The number of carbonyl (C=O) groups is 2. The van der Waals surface area contributed by atoms with Crippen molar-refractivity contribution in [3.05, 3.63) is 34.8 Å². The van der Waals surface area contributed by atoms with E-state index < -0.39 is 17.7 Å². The molecular weight excluding hydrogens is 319 g/mol. The Hall–Kier alpha value is -2.61. The number of nitrogens with zero attached hydrogens (tertiary/aromatic N) is 1. The van der Waals surface area contributed by atoms with Gasteiger partial charge >= 0.3 is 5.97 Å². The molecule has 0 saturated carbocycles. The molecule has 0 fully saturated rings. The summed E-state index contributed by atoms with van der Waals surface area (Å²) in [6.45, 7) is 1.43. The number of aryl methyl sites for hydroxylation is 1. The molecule has 1 aromatic rings. The molecule has 0 spiro atoms. The highest BCUT2D eigenvalue weighted by molar-refractivity contribution is 6.08. The highest BCUT2D eigenvalue weighted by atomic mass is 19.1. The normalized spacial score (nSPS) is 14.2. The van der Waals surface area contributed by atoms with Crippen molar-refractivity contribution in [1.29, 1.82) is 0 Å². The predicted octanol–water partition coefficient (Wildman–Crippen LogP) is 0.816. The lowest BCUT2D eigenvalue weighted by atomic mass is 10.1. The number of methoxy groups -OCH3 is 2. The molecule has 0 aliphatic carbocycles. The molecule has 2 rings (SSSR count). The zero-order valence-corrected chi connectivity index (χ0v) is 13.7. The van der Waals surface area contributed by atoms with Gasteiger partial charge in [0.1, 0.15) is 17.3 Å². The van der Waals surface area contributed by atoms with Crippen LogP contribution in [0.5, 0.6) is 5.75 Å². The van der Waals surface area contributed by atoms with E-state index >= 15 is 0 Å². The highest BCUT2D eigenvalue weighted by Gasteiger charge is 2.34. The molecule has 0 unspecified atom stereocenters. The molecule has 7 nitrogen and oxygen atoms in total. The molecule has 1 aliphatic heterocycles. The first-order chi connectivity index (χ1) is 11.4. The number of hydrogen-bond donors (Lipinski definition) is 2. The third-order valence-electron chi connectivity index (χ3n) is 3.69. The number of nitrogens with one attached hydrogen (secondary N) is 1.